The Morgan fingerprint density at radius 3 is 2.33 bits per heavy atom. The summed E-state index contributed by atoms with van der Waals surface area (Å²) in [5, 5.41) is 0. The first-order valence-electron chi connectivity index (χ1n) is 11.8. The number of hydrogen-bond donors (Lipinski definition) is 0. The third-order valence-corrected chi connectivity index (χ3v) is 7.39. The van der Waals surface area contributed by atoms with Gasteiger partial charge in [0.2, 0.25) is 0 Å². The molecule has 1 saturated carbocycles. The number of nitrogens with zero attached hydrogens (tertiary/aromatic N) is 2. The molecular weight excluding hydrogens is 432 g/mol. The Labute approximate surface area is 193 Å². The molecule has 1 aliphatic carbocycles. The van der Waals surface area contributed by atoms with E-state index in [4.69, 9.17) is 4.74 Å². The molecule has 2 fully saturated rings. The minimum absolute atomic E-state index is 0.0812. The highest BCUT2D eigenvalue weighted by molar-refractivity contribution is 5.29. The zero-order valence-electron chi connectivity index (χ0n) is 19.3. The fourth-order valence-electron chi connectivity index (χ4n) is 5.11. The maximum absolute atomic E-state index is 13.6. The van der Waals surface area contributed by atoms with Gasteiger partial charge < -0.3 is 9.64 Å². The molecule has 4 rings (SSSR count). The Kier molecular flexibility index (Phi) is 7.10. The van der Waals surface area contributed by atoms with Gasteiger partial charge in [0.1, 0.15) is 5.82 Å². The summed E-state index contributed by atoms with van der Waals surface area (Å²) in [5.41, 5.74) is 0.907. The summed E-state index contributed by atoms with van der Waals surface area (Å²) in [5.74, 6) is -0.207. The van der Waals surface area contributed by atoms with Crippen molar-refractivity contribution in [1.29, 1.82) is 0 Å². The fraction of sp³-hybridized carbons (Fsp3) is 0.577. The second-order valence-corrected chi connectivity index (χ2v) is 9.73. The molecule has 2 heterocycles. The number of ether oxygens (including phenoxy) is 1. The van der Waals surface area contributed by atoms with Gasteiger partial charge in [-0.3, -0.25) is 4.98 Å². The maximum atomic E-state index is 13.6. The molecule has 3 nitrogen and oxygen atoms in total. The molecule has 0 amide bonds. The number of halogens is 4. The molecule has 180 valence electrons. The van der Waals surface area contributed by atoms with Crippen LogP contribution in [-0.2, 0) is 16.3 Å². The zero-order valence-corrected chi connectivity index (χ0v) is 19.3. The second kappa shape index (κ2) is 9.71. The van der Waals surface area contributed by atoms with Crippen LogP contribution in [0.3, 0.4) is 0 Å². The summed E-state index contributed by atoms with van der Waals surface area (Å²) in [6.45, 7) is 3.88. The monoisotopic (exact) mass is 464 g/mol. The molecule has 2 aliphatic rings. The van der Waals surface area contributed by atoms with E-state index in [0.717, 1.165) is 63.2 Å². The average molecular weight is 465 g/mol. The van der Waals surface area contributed by atoms with Crippen LogP contribution in [-0.4, -0.2) is 36.6 Å². The standard InChI is InChI=1S/C26H32F4N2O/c1-18(23-15-21(26(28,29)30)16-24(31-23)19-5-3-4-6-19)33-17-25(11-13-32(2)14-12-25)20-7-9-22(27)10-8-20/h7-10,15-16,18-19H,3-6,11-14,17H2,1-2H3. The Morgan fingerprint density at radius 1 is 1.09 bits per heavy atom. The van der Waals surface area contributed by atoms with E-state index in [0.29, 0.717) is 18.0 Å². The van der Waals surface area contributed by atoms with E-state index >= 15 is 0 Å². The molecule has 1 aromatic carbocycles. The average Bonchev–Trinajstić information content (AvgIpc) is 3.33. The van der Waals surface area contributed by atoms with Gasteiger partial charge in [0.15, 0.2) is 0 Å². The second-order valence-electron chi connectivity index (χ2n) is 9.73. The van der Waals surface area contributed by atoms with Crippen LogP contribution < -0.4 is 0 Å². The molecule has 2 aromatic rings. The highest BCUT2D eigenvalue weighted by Crippen LogP contribution is 2.40. The van der Waals surface area contributed by atoms with Crippen molar-refractivity contribution >= 4 is 0 Å². The third-order valence-electron chi connectivity index (χ3n) is 7.39. The van der Waals surface area contributed by atoms with Crippen molar-refractivity contribution in [2.24, 2.45) is 0 Å². The van der Waals surface area contributed by atoms with Crippen LogP contribution in [0.2, 0.25) is 0 Å². The molecule has 0 radical (unpaired) electrons. The van der Waals surface area contributed by atoms with Gasteiger partial charge in [-0.25, -0.2) is 4.39 Å². The van der Waals surface area contributed by atoms with Crippen LogP contribution >= 0.6 is 0 Å². The van der Waals surface area contributed by atoms with Crippen molar-refractivity contribution in [3.8, 4) is 0 Å². The van der Waals surface area contributed by atoms with Gasteiger partial charge in [0.05, 0.1) is 24.0 Å². The normalized spacial score (nSPS) is 20.8. The molecule has 1 atom stereocenters. The molecule has 33 heavy (non-hydrogen) atoms. The van der Waals surface area contributed by atoms with Crippen LogP contribution in [0.25, 0.3) is 0 Å². The van der Waals surface area contributed by atoms with E-state index in [1.165, 1.54) is 18.2 Å². The van der Waals surface area contributed by atoms with E-state index < -0.39 is 17.8 Å². The molecule has 7 heteroatoms. The number of likely N-dealkylation sites (tertiary alicyclic amines) is 1. The molecule has 1 unspecified atom stereocenters. The number of piperidine rings is 1. The Hall–Kier alpha value is -1.99. The van der Waals surface area contributed by atoms with Gasteiger partial charge >= 0.3 is 6.18 Å². The first-order valence-corrected chi connectivity index (χ1v) is 11.8. The summed E-state index contributed by atoms with van der Waals surface area (Å²) in [6, 6.07) is 8.86. The van der Waals surface area contributed by atoms with Crippen LogP contribution in [0.5, 0.6) is 0 Å². The molecule has 1 aliphatic heterocycles. The molecule has 0 bridgehead atoms. The first kappa shape index (κ1) is 24.1. The summed E-state index contributed by atoms with van der Waals surface area (Å²) in [6.07, 6.45) is 0.486. The number of aromatic nitrogens is 1. The SMILES string of the molecule is CC(OCC1(c2ccc(F)cc2)CCN(C)CC1)c1cc(C(F)(F)F)cc(C2CCCC2)n1. The van der Waals surface area contributed by atoms with Crippen molar-refractivity contribution in [3.63, 3.8) is 0 Å². The number of rotatable bonds is 6. The third kappa shape index (κ3) is 5.57. The quantitative estimate of drug-likeness (QED) is 0.448. The van der Waals surface area contributed by atoms with Gasteiger partial charge in [-0.05, 0) is 82.6 Å². The van der Waals surface area contributed by atoms with Crippen molar-refractivity contribution in [1.82, 2.24) is 9.88 Å². The van der Waals surface area contributed by atoms with E-state index in [-0.39, 0.29) is 17.2 Å². The Morgan fingerprint density at radius 2 is 1.73 bits per heavy atom. The Bertz CT molecular complexity index is 930. The molecule has 1 saturated heterocycles. The summed E-state index contributed by atoms with van der Waals surface area (Å²) >= 11 is 0. The zero-order chi connectivity index (χ0) is 23.6. The van der Waals surface area contributed by atoms with Gasteiger partial charge in [0.25, 0.3) is 0 Å². The van der Waals surface area contributed by atoms with Gasteiger partial charge in [-0.2, -0.15) is 13.2 Å². The number of alkyl halides is 3. The van der Waals surface area contributed by atoms with Crippen molar-refractivity contribution in [3.05, 3.63) is 64.7 Å². The highest BCUT2D eigenvalue weighted by atomic mass is 19.4. The van der Waals surface area contributed by atoms with E-state index in [1.807, 2.05) is 0 Å². The lowest BCUT2D eigenvalue weighted by Gasteiger charge is -2.41. The van der Waals surface area contributed by atoms with E-state index in [2.05, 4.69) is 16.9 Å². The predicted octanol–water partition coefficient (Wildman–Crippen LogP) is 6.64. The van der Waals surface area contributed by atoms with Crippen LogP contribution in [0, 0.1) is 5.82 Å². The number of hydrogen-bond acceptors (Lipinski definition) is 3. The number of benzene rings is 1. The van der Waals surface area contributed by atoms with E-state index in [1.54, 1.807) is 19.1 Å². The lowest BCUT2D eigenvalue weighted by molar-refractivity contribution is -0.137. The van der Waals surface area contributed by atoms with Gasteiger partial charge in [0, 0.05) is 17.0 Å². The molecular formula is C26H32F4N2O. The largest absolute Gasteiger partial charge is 0.416 e. The number of pyridine rings is 1. The summed E-state index contributed by atoms with van der Waals surface area (Å²) in [4.78, 5) is 6.87. The summed E-state index contributed by atoms with van der Waals surface area (Å²) < 4.78 is 60.6. The van der Waals surface area contributed by atoms with Crippen molar-refractivity contribution in [2.45, 2.75) is 69.1 Å². The lowest BCUT2D eigenvalue weighted by Crippen LogP contribution is -2.44. The topological polar surface area (TPSA) is 25.4 Å². The molecule has 1 aromatic heterocycles. The highest BCUT2D eigenvalue weighted by Gasteiger charge is 2.37. The molecule has 0 spiro atoms. The minimum atomic E-state index is -4.42. The van der Waals surface area contributed by atoms with Crippen LogP contribution in [0.15, 0.2) is 36.4 Å². The Balaban J connectivity index is 1.57. The minimum Gasteiger partial charge on any atom is -0.371 e. The van der Waals surface area contributed by atoms with Gasteiger partial charge in [-0.15, -0.1) is 0 Å². The van der Waals surface area contributed by atoms with Gasteiger partial charge in [-0.1, -0.05) is 25.0 Å². The summed E-state index contributed by atoms with van der Waals surface area (Å²) in [7, 11) is 2.06. The van der Waals surface area contributed by atoms with Crippen molar-refractivity contribution < 1.29 is 22.3 Å². The van der Waals surface area contributed by atoms with E-state index in [9.17, 15) is 17.6 Å². The van der Waals surface area contributed by atoms with Crippen LogP contribution in [0.4, 0.5) is 17.6 Å². The van der Waals surface area contributed by atoms with Crippen molar-refractivity contribution in [2.75, 3.05) is 26.7 Å². The first-order chi connectivity index (χ1) is 15.7. The molecule has 0 N–H and O–H groups in total. The van der Waals surface area contributed by atoms with Crippen LogP contribution in [0.1, 0.15) is 80.0 Å². The predicted molar refractivity (Wildman–Crippen MR) is 120 cm³/mol. The lowest BCUT2D eigenvalue weighted by atomic mass is 9.73. The smallest absolute Gasteiger partial charge is 0.371 e. The fourth-order valence-corrected chi connectivity index (χ4v) is 5.11. The maximum Gasteiger partial charge on any atom is 0.416 e.